The van der Waals surface area contributed by atoms with Gasteiger partial charge in [0, 0.05) is 39.4 Å². The second-order valence-electron chi connectivity index (χ2n) is 10.6. The number of pyridine rings is 1. The molecule has 2 aliphatic carbocycles. The Morgan fingerprint density at radius 3 is 2.55 bits per heavy atom. The highest BCUT2D eigenvalue weighted by atomic mass is 16.1. The molecule has 2 fully saturated rings. The van der Waals surface area contributed by atoms with Crippen molar-refractivity contribution in [1.82, 2.24) is 24.8 Å². The molecule has 7 nitrogen and oxygen atoms in total. The molecule has 38 heavy (non-hydrogen) atoms. The SMILES string of the molecule is C#Cc1c(-c2cnc3ccccc3c2)c2c(N)ncnc2n1C12CCC(NC(=O)c3ccccc3)(CC1)C2. The summed E-state index contributed by atoms with van der Waals surface area (Å²) in [6, 6.07) is 19.5. The van der Waals surface area contributed by atoms with Gasteiger partial charge >= 0.3 is 0 Å². The van der Waals surface area contributed by atoms with Gasteiger partial charge in [-0.25, -0.2) is 9.97 Å². The fourth-order valence-electron chi connectivity index (χ4n) is 6.77. The van der Waals surface area contributed by atoms with Crippen LogP contribution in [0, 0.1) is 12.3 Å². The summed E-state index contributed by atoms with van der Waals surface area (Å²) in [4.78, 5) is 26.8. The quantitative estimate of drug-likeness (QED) is 0.338. The Kier molecular flexibility index (Phi) is 4.83. The molecule has 0 aliphatic heterocycles. The van der Waals surface area contributed by atoms with E-state index in [1.165, 1.54) is 6.33 Å². The number of carbonyl (C=O) groups is 1. The van der Waals surface area contributed by atoms with Crippen molar-refractivity contribution in [2.75, 3.05) is 5.73 Å². The molecule has 0 spiro atoms. The first-order chi connectivity index (χ1) is 18.5. The first-order valence-electron chi connectivity index (χ1n) is 12.9. The van der Waals surface area contributed by atoms with Gasteiger partial charge in [0.05, 0.1) is 10.9 Å². The van der Waals surface area contributed by atoms with Crippen molar-refractivity contribution in [1.29, 1.82) is 0 Å². The van der Waals surface area contributed by atoms with Crippen LogP contribution in [-0.2, 0) is 5.54 Å². The van der Waals surface area contributed by atoms with Gasteiger partial charge in [-0.05, 0) is 56.4 Å². The van der Waals surface area contributed by atoms with E-state index in [2.05, 4.69) is 31.8 Å². The Bertz CT molecular complexity index is 1770. The van der Waals surface area contributed by atoms with E-state index in [4.69, 9.17) is 17.1 Å². The van der Waals surface area contributed by atoms with Crippen LogP contribution >= 0.6 is 0 Å². The zero-order chi connectivity index (χ0) is 25.9. The fourth-order valence-corrected chi connectivity index (χ4v) is 6.77. The summed E-state index contributed by atoms with van der Waals surface area (Å²) in [5.74, 6) is 3.34. The van der Waals surface area contributed by atoms with Crippen molar-refractivity contribution in [3.63, 3.8) is 0 Å². The maximum atomic E-state index is 13.1. The van der Waals surface area contributed by atoms with Crippen LogP contribution in [0.2, 0.25) is 0 Å². The van der Waals surface area contributed by atoms with E-state index in [1.807, 2.05) is 60.8 Å². The predicted octanol–water partition coefficient (Wildman–Crippen LogP) is 5.05. The van der Waals surface area contributed by atoms with Crippen LogP contribution in [0.15, 0.2) is 73.2 Å². The number of carbonyl (C=O) groups excluding carboxylic acids is 1. The lowest BCUT2D eigenvalue weighted by Gasteiger charge is -2.30. The van der Waals surface area contributed by atoms with Gasteiger partial charge in [0.25, 0.3) is 5.91 Å². The van der Waals surface area contributed by atoms with E-state index in [0.717, 1.165) is 70.9 Å². The predicted molar refractivity (Wildman–Crippen MR) is 148 cm³/mol. The van der Waals surface area contributed by atoms with Crippen molar-refractivity contribution in [2.24, 2.45) is 0 Å². The minimum absolute atomic E-state index is 0.0349. The molecule has 3 N–H and O–H groups in total. The number of terminal acetylenes is 1. The minimum atomic E-state index is -0.279. The Hall–Kier alpha value is -4.70. The molecule has 0 atom stereocenters. The lowest BCUT2D eigenvalue weighted by molar-refractivity contribution is 0.0901. The largest absolute Gasteiger partial charge is 0.383 e. The summed E-state index contributed by atoms with van der Waals surface area (Å²) in [5.41, 5.74) is 10.7. The summed E-state index contributed by atoms with van der Waals surface area (Å²) < 4.78 is 2.22. The maximum absolute atomic E-state index is 13.1. The highest BCUT2D eigenvalue weighted by Gasteiger charge is 2.57. The van der Waals surface area contributed by atoms with Crippen LogP contribution in [0.4, 0.5) is 5.82 Å². The molecule has 3 aromatic heterocycles. The van der Waals surface area contributed by atoms with Gasteiger partial charge in [0.1, 0.15) is 23.5 Å². The zero-order valence-corrected chi connectivity index (χ0v) is 20.8. The highest BCUT2D eigenvalue weighted by Crippen LogP contribution is 2.57. The smallest absolute Gasteiger partial charge is 0.251 e. The van der Waals surface area contributed by atoms with Gasteiger partial charge in [0.15, 0.2) is 0 Å². The van der Waals surface area contributed by atoms with E-state index >= 15 is 0 Å². The van der Waals surface area contributed by atoms with Gasteiger partial charge < -0.3 is 15.6 Å². The summed E-state index contributed by atoms with van der Waals surface area (Å²) in [6.07, 6.45) is 13.9. The molecule has 7 rings (SSSR count). The minimum Gasteiger partial charge on any atom is -0.383 e. The third-order valence-electron chi connectivity index (χ3n) is 8.49. The number of para-hydroxylation sites is 1. The van der Waals surface area contributed by atoms with Crippen molar-refractivity contribution < 1.29 is 4.79 Å². The second kappa shape index (κ2) is 8.15. The topological polar surface area (TPSA) is 98.7 Å². The first kappa shape index (κ1) is 22.5. The monoisotopic (exact) mass is 498 g/mol. The molecule has 0 unspecified atom stereocenters. The average molecular weight is 499 g/mol. The summed E-state index contributed by atoms with van der Waals surface area (Å²) >= 11 is 0. The number of nitrogens with one attached hydrogen (secondary N) is 1. The Labute approximate surface area is 220 Å². The molecule has 2 saturated carbocycles. The van der Waals surface area contributed by atoms with Gasteiger partial charge in [-0.1, -0.05) is 42.3 Å². The van der Waals surface area contributed by atoms with Gasteiger partial charge in [-0.15, -0.1) is 6.42 Å². The van der Waals surface area contributed by atoms with E-state index < -0.39 is 0 Å². The fraction of sp³-hybridized carbons (Fsp3) is 0.226. The summed E-state index contributed by atoms with van der Waals surface area (Å²) in [7, 11) is 0. The molecule has 0 saturated heterocycles. The molecule has 2 bridgehead atoms. The lowest BCUT2D eigenvalue weighted by atomic mass is 9.90. The van der Waals surface area contributed by atoms with Crippen molar-refractivity contribution in [2.45, 2.75) is 43.2 Å². The number of hydrogen-bond donors (Lipinski definition) is 2. The Morgan fingerprint density at radius 2 is 1.76 bits per heavy atom. The van der Waals surface area contributed by atoms with Crippen LogP contribution in [0.1, 0.15) is 48.2 Å². The van der Waals surface area contributed by atoms with E-state index in [1.54, 1.807) is 0 Å². The Balaban J connectivity index is 1.37. The molecule has 1 amide bonds. The molecule has 5 aromatic rings. The van der Waals surface area contributed by atoms with Gasteiger partial charge in [0.2, 0.25) is 0 Å². The molecular formula is C31H26N6O. The van der Waals surface area contributed by atoms with E-state index in [9.17, 15) is 4.79 Å². The number of nitrogens with zero attached hydrogens (tertiary/aromatic N) is 4. The first-order valence-corrected chi connectivity index (χ1v) is 12.9. The van der Waals surface area contributed by atoms with Gasteiger partial charge in [-0.3, -0.25) is 9.78 Å². The number of nitrogens with two attached hydrogens (primary N) is 1. The standard InChI is InChI=1S/C31H26N6O/c1-2-24-25(22-16-21-10-6-7-11-23(21)33-17-22)26-27(32)34-19-35-28(26)37(24)31-14-12-30(18-31,13-15-31)36-29(38)20-8-4-3-5-9-20/h1,3-11,16-17,19H,12-15,18H2,(H,36,38)(H2,32,34,35). The van der Waals surface area contributed by atoms with Crippen LogP contribution in [0.5, 0.6) is 0 Å². The number of benzene rings is 2. The van der Waals surface area contributed by atoms with Crippen LogP contribution in [0.3, 0.4) is 0 Å². The zero-order valence-electron chi connectivity index (χ0n) is 20.8. The van der Waals surface area contributed by atoms with Crippen LogP contribution < -0.4 is 11.1 Å². The lowest BCUT2D eigenvalue weighted by Crippen LogP contribution is -2.45. The third kappa shape index (κ3) is 3.23. The van der Waals surface area contributed by atoms with Crippen molar-refractivity contribution in [3.8, 4) is 23.5 Å². The number of fused-ring (bicyclic) bond motifs is 4. The van der Waals surface area contributed by atoms with Gasteiger partial charge in [-0.2, -0.15) is 0 Å². The van der Waals surface area contributed by atoms with E-state index in [-0.39, 0.29) is 17.0 Å². The highest BCUT2D eigenvalue weighted by molar-refractivity contribution is 6.04. The molecule has 3 heterocycles. The Morgan fingerprint density at radius 1 is 1.00 bits per heavy atom. The molecular weight excluding hydrogens is 472 g/mol. The van der Waals surface area contributed by atoms with Crippen molar-refractivity contribution in [3.05, 3.63) is 84.4 Å². The second-order valence-corrected chi connectivity index (χ2v) is 10.6. The van der Waals surface area contributed by atoms with Crippen LogP contribution in [0.25, 0.3) is 33.1 Å². The van der Waals surface area contributed by atoms with E-state index in [0.29, 0.717) is 11.4 Å². The number of hydrogen-bond acceptors (Lipinski definition) is 5. The normalized spacial score (nSPS) is 22.1. The molecule has 2 aromatic carbocycles. The third-order valence-corrected chi connectivity index (χ3v) is 8.49. The van der Waals surface area contributed by atoms with Crippen LogP contribution in [-0.4, -0.2) is 31.0 Å². The molecule has 186 valence electrons. The number of aromatic nitrogens is 4. The summed E-state index contributed by atoms with van der Waals surface area (Å²) in [6.45, 7) is 0. The average Bonchev–Trinajstić information content (AvgIpc) is 3.62. The number of amides is 1. The number of anilines is 1. The van der Waals surface area contributed by atoms with Crippen molar-refractivity contribution >= 4 is 33.7 Å². The molecule has 2 aliphatic rings. The maximum Gasteiger partial charge on any atom is 0.251 e. The number of rotatable bonds is 4. The molecule has 0 radical (unpaired) electrons. The summed E-state index contributed by atoms with van der Waals surface area (Å²) in [5, 5.41) is 5.15. The number of nitrogen functional groups attached to an aromatic ring is 1. The molecule has 7 heteroatoms.